The summed E-state index contributed by atoms with van der Waals surface area (Å²) in [6.45, 7) is 5.82. The van der Waals surface area contributed by atoms with Crippen molar-refractivity contribution in [3.05, 3.63) is 35.1 Å². The van der Waals surface area contributed by atoms with Crippen molar-refractivity contribution in [2.45, 2.75) is 39.5 Å². The zero-order chi connectivity index (χ0) is 11.9. The van der Waals surface area contributed by atoms with Crippen LogP contribution in [0.5, 0.6) is 0 Å². The molecule has 2 atom stereocenters. The average Bonchev–Trinajstić information content (AvgIpc) is 2.28. The number of ketones is 1. The monoisotopic (exact) mass is 220 g/mol. The number of Topliss-reactive ketones (excluding diaryl/α,β-unsaturated/α-hetero) is 1. The minimum Gasteiger partial charge on any atom is -0.299 e. The van der Waals surface area contributed by atoms with Gasteiger partial charge in [0.15, 0.2) is 0 Å². The highest BCUT2D eigenvalue weighted by Crippen LogP contribution is 2.51. The van der Waals surface area contributed by atoms with Crippen LogP contribution in [0.2, 0.25) is 0 Å². The molecule has 1 fully saturated rings. The van der Waals surface area contributed by atoms with Gasteiger partial charge in [-0.3, -0.25) is 4.79 Å². The smallest absolute Gasteiger partial charge is 0.140 e. The molecular weight excluding hydrogens is 203 g/mol. The Morgan fingerprint density at radius 1 is 1.50 bits per heavy atom. The lowest BCUT2D eigenvalue weighted by Gasteiger charge is -2.45. The standard InChI is InChI=1S/C14H17FO/c1-4-14(3)11(8-13(14)16)10-5-6-12(15)9(2)7-10/h5-7,11H,4,8H2,1-3H3. The molecule has 1 aromatic carbocycles. The van der Waals surface area contributed by atoms with Gasteiger partial charge in [-0.05, 0) is 30.5 Å². The predicted octanol–water partition coefficient (Wildman–Crippen LogP) is 3.61. The van der Waals surface area contributed by atoms with Gasteiger partial charge >= 0.3 is 0 Å². The second kappa shape index (κ2) is 3.69. The first-order valence-electron chi connectivity index (χ1n) is 5.78. The van der Waals surface area contributed by atoms with E-state index in [9.17, 15) is 9.18 Å². The van der Waals surface area contributed by atoms with Gasteiger partial charge in [-0.2, -0.15) is 0 Å². The third-order valence-electron chi connectivity index (χ3n) is 4.11. The van der Waals surface area contributed by atoms with Gasteiger partial charge in [-0.25, -0.2) is 4.39 Å². The predicted molar refractivity (Wildman–Crippen MR) is 61.9 cm³/mol. The molecule has 1 aliphatic rings. The molecule has 0 aliphatic heterocycles. The molecule has 0 spiro atoms. The Labute approximate surface area is 95.7 Å². The summed E-state index contributed by atoms with van der Waals surface area (Å²) in [4.78, 5) is 11.6. The van der Waals surface area contributed by atoms with Gasteiger partial charge in [0.05, 0.1) is 0 Å². The quantitative estimate of drug-likeness (QED) is 0.744. The Morgan fingerprint density at radius 2 is 2.19 bits per heavy atom. The molecule has 1 nitrogen and oxygen atoms in total. The summed E-state index contributed by atoms with van der Waals surface area (Å²) < 4.78 is 13.2. The van der Waals surface area contributed by atoms with Gasteiger partial charge in [0.2, 0.25) is 0 Å². The van der Waals surface area contributed by atoms with E-state index in [4.69, 9.17) is 0 Å². The van der Waals surface area contributed by atoms with Crippen LogP contribution in [0.4, 0.5) is 4.39 Å². The fourth-order valence-electron chi connectivity index (χ4n) is 2.52. The fraction of sp³-hybridized carbons (Fsp3) is 0.500. The Hall–Kier alpha value is -1.18. The molecule has 0 bridgehead atoms. The van der Waals surface area contributed by atoms with E-state index in [0.29, 0.717) is 17.8 Å². The maximum atomic E-state index is 13.2. The first-order valence-corrected chi connectivity index (χ1v) is 5.78. The molecule has 2 unspecified atom stereocenters. The molecule has 0 N–H and O–H groups in total. The van der Waals surface area contributed by atoms with Crippen molar-refractivity contribution >= 4 is 5.78 Å². The van der Waals surface area contributed by atoms with Crippen molar-refractivity contribution in [1.82, 2.24) is 0 Å². The lowest BCUT2D eigenvalue weighted by Crippen LogP contribution is -2.45. The summed E-state index contributed by atoms with van der Waals surface area (Å²) >= 11 is 0. The van der Waals surface area contributed by atoms with Crippen LogP contribution >= 0.6 is 0 Å². The SMILES string of the molecule is CCC1(C)C(=O)CC1c1ccc(F)c(C)c1. The highest BCUT2D eigenvalue weighted by atomic mass is 19.1. The van der Waals surface area contributed by atoms with Crippen molar-refractivity contribution < 1.29 is 9.18 Å². The van der Waals surface area contributed by atoms with Crippen LogP contribution in [0.1, 0.15) is 43.7 Å². The molecule has 2 rings (SSSR count). The zero-order valence-corrected chi connectivity index (χ0v) is 10.0. The van der Waals surface area contributed by atoms with Crippen LogP contribution < -0.4 is 0 Å². The first-order chi connectivity index (χ1) is 7.49. The van der Waals surface area contributed by atoms with E-state index in [1.807, 2.05) is 26.0 Å². The van der Waals surface area contributed by atoms with Crippen molar-refractivity contribution in [2.24, 2.45) is 5.41 Å². The van der Waals surface area contributed by atoms with E-state index in [0.717, 1.165) is 12.0 Å². The van der Waals surface area contributed by atoms with Crippen LogP contribution in [-0.4, -0.2) is 5.78 Å². The molecule has 1 aliphatic carbocycles. The molecule has 0 amide bonds. The number of carbonyl (C=O) groups is 1. The Bertz CT molecular complexity index is 438. The Balaban J connectivity index is 2.33. The average molecular weight is 220 g/mol. The normalized spacial score (nSPS) is 29.0. The lowest BCUT2D eigenvalue weighted by atomic mass is 9.56. The van der Waals surface area contributed by atoms with Gasteiger partial charge in [-0.1, -0.05) is 26.0 Å². The number of rotatable bonds is 2. The minimum atomic E-state index is -0.232. The second-order valence-corrected chi connectivity index (χ2v) is 4.96. The maximum absolute atomic E-state index is 13.2. The third-order valence-corrected chi connectivity index (χ3v) is 4.11. The Morgan fingerprint density at radius 3 is 2.69 bits per heavy atom. The van der Waals surface area contributed by atoms with Crippen molar-refractivity contribution in [3.63, 3.8) is 0 Å². The molecule has 0 aromatic heterocycles. The van der Waals surface area contributed by atoms with E-state index in [2.05, 4.69) is 0 Å². The summed E-state index contributed by atoms with van der Waals surface area (Å²) in [5.74, 6) is 0.430. The van der Waals surface area contributed by atoms with Crippen molar-refractivity contribution in [3.8, 4) is 0 Å². The van der Waals surface area contributed by atoms with E-state index in [1.165, 1.54) is 6.07 Å². The molecule has 0 heterocycles. The first kappa shape index (κ1) is 11.3. The van der Waals surface area contributed by atoms with E-state index >= 15 is 0 Å². The third kappa shape index (κ3) is 1.48. The molecule has 2 heteroatoms. The summed E-state index contributed by atoms with van der Waals surface area (Å²) in [6.07, 6.45) is 1.46. The lowest BCUT2D eigenvalue weighted by molar-refractivity contribution is -0.139. The van der Waals surface area contributed by atoms with Crippen LogP contribution in [-0.2, 0) is 4.79 Å². The summed E-state index contributed by atoms with van der Waals surface area (Å²) in [6, 6.07) is 5.19. The molecule has 1 aromatic rings. The number of hydrogen-bond acceptors (Lipinski definition) is 1. The number of aryl methyl sites for hydroxylation is 1. The highest BCUT2D eigenvalue weighted by Gasteiger charge is 2.50. The van der Waals surface area contributed by atoms with E-state index < -0.39 is 0 Å². The number of benzene rings is 1. The summed E-state index contributed by atoms with van der Waals surface area (Å²) in [7, 11) is 0. The van der Waals surface area contributed by atoms with Gasteiger partial charge in [-0.15, -0.1) is 0 Å². The van der Waals surface area contributed by atoms with Gasteiger partial charge in [0.25, 0.3) is 0 Å². The van der Waals surface area contributed by atoms with Crippen molar-refractivity contribution in [1.29, 1.82) is 0 Å². The summed E-state index contributed by atoms with van der Waals surface area (Å²) in [5.41, 5.74) is 1.53. The zero-order valence-electron chi connectivity index (χ0n) is 10.0. The largest absolute Gasteiger partial charge is 0.299 e. The van der Waals surface area contributed by atoms with E-state index in [-0.39, 0.29) is 17.2 Å². The fourth-order valence-corrected chi connectivity index (χ4v) is 2.52. The van der Waals surface area contributed by atoms with Gasteiger partial charge in [0.1, 0.15) is 11.6 Å². The molecule has 1 saturated carbocycles. The van der Waals surface area contributed by atoms with Crippen molar-refractivity contribution in [2.75, 3.05) is 0 Å². The number of hydrogen-bond donors (Lipinski definition) is 0. The van der Waals surface area contributed by atoms with E-state index in [1.54, 1.807) is 6.92 Å². The molecular formula is C14H17FO. The van der Waals surface area contributed by atoms with Gasteiger partial charge in [0, 0.05) is 17.8 Å². The minimum absolute atomic E-state index is 0.174. The second-order valence-electron chi connectivity index (χ2n) is 4.96. The molecule has 86 valence electrons. The molecule has 0 saturated heterocycles. The Kier molecular flexibility index (Phi) is 2.61. The molecule has 16 heavy (non-hydrogen) atoms. The van der Waals surface area contributed by atoms with Crippen LogP contribution in [0.3, 0.4) is 0 Å². The topological polar surface area (TPSA) is 17.1 Å². The van der Waals surface area contributed by atoms with Gasteiger partial charge < -0.3 is 0 Å². The number of carbonyl (C=O) groups excluding carboxylic acids is 1. The van der Waals surface area contributed by atoms with Crippen LogP contribution in [0, 0.1) is 18.2 Å². The number of halogens is 1. The van der Waals surface area contributed by atoms with Crippen LogP contribution in [0.15, 0.2) is 18.2 Å². The molecule has 0 radical (unpaired) electrons. The summed E-state index contributed by atoms with van der Waals surface area (Å²) in [5, 5.41) is 0. The van der Waals surface area contributed by atoms with Crippen LogP contribution in [0.25, 0.3) is 0 Å². The highest BCUT2D eigenvalue weighted by molar-refractivity contribution is 5.93. The maximum Gasteiger partial charge on any atom is 0.140 e.